The third kappa shape index (κ3) is 10.2. The van der Waals surface area contributed by atoms with Crippen molar-refractivity contribution < 1.29 is 57.4 Å². The molecular formula is C35H39NO12. The van der Waals surface area contributed by atoms with Gasteiger partial charge in [0.25, 0.3) is 0 Å². The molecule has 1 heterocycles. The second kappa shape index (κ2) is 17.7. The van der Waals surface area contributed by atoms with E-state index in [2.05, 4.69) is 5.32 Å². The summed E-state index contributed by atoms with van der Waals surface area (Å²) in [5.74, 6) is -4.20. The Kier molecular flexibility index (Phi) is 13.2. The number of aliphatic hydroxyl groups excluding tert-OH is 1. The Labute approximate surface area is 278 Å². The standard InChI is InChI=1S/C35H39NO12/c1-3-42-31(38)22-45-27-16-12-24(13-17-27)29(25-14-18-28(19-15-25)46-23-32(39)43-4-2)11-8-20-36-35(47-33(40)34(41)48-35)30(37)21-44-26-9-6-5-7-10-26/h5-7,9-10,12-19,29-30,36-37H,3-4,8,11,20-23H2,1-2H3/t30-/m0/s1. The lowest BCUT2D eigenvalue weighted by Crippen LogP contribution is -2.58. The molecule has 3 aromatic rings. The van der Waals surface area contributed by atoms with Gasteiger partial charge in [-0.15, -0.1) is 0 Å². The quantitative estimate of drug-likeness (QED) is 0.0830. The van der Waals surface area contributed by atoms with Gasteiger partial charge in [-0.05, 0) is 74.2 Å². The van der Waals surface area contributed by atoms with Gasteiger partial charge in [-0.25, -0.2) is 24.5 Å². The molecule has 0 radical (unpaired) electrons. The zero-order valence-corrected chi connectivity index (χ0v) is 26.8. The van der Waals surface area contributed by atoms with Gasteiger partial charge in [0.2, 0.25) is 0 Å². The van der Waals surface area contributed by atoms with Crippen molar-refractivity contribution in [3.05, 3.63) is 90.0 Å². The third-order valence-electron chi connectivity index (χ3n) is 7.18. The topological polar surface area (TPSA) is 165 Å². The minimum absolute atomic E-state index is 0.152. The second-order valence-corrected chi connectivity index (χ2v) is 10.5. The van der Waals surface area contributed by atoms with Gasteiger partial charge in [-0.3, -0.25) is 0 Å². The number of cyclic esters (lactones) is 2. The number of benzene rings is 3. The van der Waals surface area contributed by atoms with Crippen LogP contribution in [-0.4, -0.2) is 80.6 Å². The highest BCUT2D eigenvalue weighted by Gasteiger charge is 2.54. The second-order valence-electron chi connectivity index (χ2n) is 10.5. The molecule has 13 nitrogen and oxygen atoms in total. The van der Waals surface area contributed by atoms with Gasteiger partial charge in [-0.2, -0.15) is 0 Å². The first kappa shape index (κ1) is 35.7. The fourth-order valence-corrected chi connectivity index (χ4v) is 4.88. The number of aliphatic hydroxyl groups is 1. The predicted octanol–water partition coefficient (Wildman–Crippen LogP) is 3.27. The van der Waals surface area contributed by atoms with Crippen LogP contribution in [0.1, 0.15) is 43.7 Å². The Balaban J connectivity index is 1.44. The number of nitrogens with one attached hydrogen (secondary N) is 1. The number of rotatable bonds is 19. The molecule has 0 saturated carbocycles. The third-order valence-corrected chi connectivity index (χ3v) is 7.18. The van der Waals surface area contributed by atoms with Crippen molar-refractivity contribution in [1.82, 2.24) is 5.32 Å². The summed E-state index contributed by atoms with van der Waals surface area (Å²) in [5.41, 5.74) is 1.87. The first-order valence-corrected chi connectivity index (χ1v) is 15.6. The Morgan fingerprint density at radius 1 is 0.729 bits per heavy atom. The maximum absolute atomic E-state index is 12.0. The van der Waals surface area contributed by atoms with Crippen molar-refractivity contribution in [1.29, 1.82) is 0 Å². The molecule has 1 saturated heterocycles. The van der Waals surface area contributed by atoms with Crippen LogP contribution in [0.3, 0.4) is 0 Å². The largest absolute Gasteiger partial charge is 0.491 e. The Morgan fingerprint density at radius 2 is 1.21 bits per heavy atom. The van der Waals surface area contributed by atoms with E-state index in [-0.39, 0.29) is 45.5 Å². The molecule has 1 atom stereocenters. The molecule has 48 heavy (non-hydrogen) atoms. The molecule has 256 valence electrons. The molecule has 4 rings (SSSR count). The Hall–Kier alpha value is -5.14. The molecule has 0 bridgehead atoms. The zero-order valence-electron chi connectivity index (χ0n) is 26.8. The van der Waals surface area contributed by atoms with E-state index in [4.69, 9.17) is 33.2 Å². The number of hydrogen-bond acceptors (Lipinski definition) is 13. The number of carbonyl (C=O) groups excluding carboxylic acids is 4. The van der Waals surface area contributed by atoms with Crippen LogP contribution in [0.2, 0.25) is 0 Å². The van der Waals surface area contributed by atoms with Crippen molar-refractivity contribution in [3.63, 3.8) is 0 Å². The highest BCUT2D eigenvalue weighted by atomic mass is 16.8. The molecule has 1 aliphatic rings. The first-order valence-electron chi connectivity index (χ1n) is 15.6. The van der Waals surface area contributed by atoms with Crippen LogP contribution >= 0.6 is 0 Å². The van der Waals surface area contributed by atoms with E-state index in [1.165, 1.54) is 0 Å². The maximum Gasteiger partial charge on any atom is 0.422 e. The minimum atomic E-state index is -2.12. The summed E-state index contributed by atoms with van der Waals surface area (Å²) in [6, 6.07) is 23.3. The fraction of sp³-hybridized carbons (Fsp3) is 0.371. The first-order chi connectivity index (χ1) is 23.2. The van der Waals surface area contributed by atoms with Gasteiger partial charge < -0.3 is 38.3 Å². The van der Waals surface area contributed by atoms with Crippen LogP contribution < -0.4 is 19.5 Å². The average molecular weight is 666 g/mol. The molecule has 0 aliphatic carbocycles. The summed E-state index contributed by atoms with van der Waals surface area (Å²) in [6.45, 7) is 3.39. The molecule has 0 spiro atoms. The predicted molar refractivity (Wildman–Crippen MR) is 169 cm³/mol. The fourth-order valence-electron chi connectivity index (χ4n) is 4.88. The highest BCUT2D eigenvalue weighted by Crippen LogP contribution is 2.32. The van der Waals surface area contributed by atoms with Crippen molar-refractivity contribution in [2.75, 3.05) is 39.6 Å². The molecule has 0 aromatic heterocycles. The number of ether oxygens (including phenoxy) is 7. The van der Waals surface area contributed by atoms with Crippen LogP contribution in [0.15, 0.2) is 78.9 Å². The Bertz CT molecular complexity index is 1410. The lowest BCUT2D eigenvalue weighted by atomic mass is 9.87. The maximum atomic E-state index is 12.0. The number of carbonyl (C=O) groups is 4. The van der Waals surface area contributed by atoms with Crippen molar-refractivity contribution >= 4 is 23.9 Å². The molecule has 0 unspecified atom stereocenters. The van der Waals surface area contributed by atoms with Crippen LogP contribution in [0.4, 0.5) is 0 Å². The van der Waals surface area contributed by atoms with Crippen LogP contribution in [0.25, 0.3) is 0 Å². The van der Waals surface area contributed by atoms with E-state index in [1.807, 2.05) is 30.3 Å². The van der Waals surface area contributed by atoms with Crippen LogP contribution in [0, 0.1) is 0 Å². The van der Waals surface area contributed by atoms with Gasteiger partial charge in [0.15, 0.2) is 19.3 Å². The van der Waals surface area contributed by atoms with E-state index >= 15 is 0 Å². The summed E-state index contributed by atoms with van der Waals surface area (Å²) < 4.78 is 36.9. The van der Waals surface area contributed by atoms with E-state index in [9.17, 15) is 24.3 Å². The summed E-state index contributed by atoms with van der Waals surface area (Å²) in [7, 11) is 0. The summed E-state index contributed by atoms with van der Waals surface area (Å²) in [6.07, 6.45) is -0.489. The highest BCUT2D eigenvalue weighted by molar-refractivity contribution is 6.31. The SMILES string of the molecule is CCOC(=O)COc1ccc(C(CCCNC2([C@@H](O)COc3ccccc3)OC(=O)C(=O)O2)c2ccc(OCC(=O)OCC)cc2)cc1. The lowest BCUT2D eigenvalue weighted by molar-refractivity contribution is -0.240. The lowest BCUT2D eigenvalue weighted by Gasteiger charge is -2.31. The molecule has 1 fully saturated rings. The summed E-state index contributed by atoms with van der Waals surface area (Å²) >= 11 is 0. The molecule has 1 aliphatic heterocycles. The van der Waals surface area contributed by atoms with E-state index < -0.39 is 35.9 Å². The number of para-hydroxylation sites is 1. The Morgan fingerprint density at radius 3 is 1.69 bits per heavy atom. The van der Waals surface area contributed by atoms with Gasteiger partial charge in [-0.1, -0.05) is 42.5 Å². The van der Waals surface area contributed by atoms with Crippen molar-refractivity contribution in [2.24, 2.45) is 0 Å². The molecule has 2 N–H and O–H groups in total. The molecule has 0 amide bonds. The summed E-state index contributed by atoms with van der Waals surface area (Å²) in [4.78, 5) is 47.4. The zero-order chi connectivity index (χ0) is 34.4. The number of esters is 4. The molecular weight excluding hydrogens is 626 g/mol. The normalized spacial score (nSPS) is 14.1. The minimum Gasteiger partial charge on any atom is -0.491 e. The van der Waals surface area contributed by atoms with Crippen molar-refractivity contribution in [2.45, 2.75) is 44.6 Å². The number of hydrogen-bond donors (Lipinski definition) is 2. The monoisotopic (exact) mass is 665 g/mol. The van der Waals surface area contributed by atoms with Gasteiger partial charge in [0.05, 0.1) is 13.2 Å². The van der Waals surface area contributed by atoms with Gasteiger partial charge in [0, 0.05) is 12.5 Å². The van der Waals surface area contributed by atoms with Crippen LogP contribution in [0.5, 0.6) is 17.2 Å². The van der Waals surface area contributed by atoms with Crippen LogP contribution in [-0.2, 0) is 38.1 Å². The van der Waals surface area contributed by atoms with E-state index in [0.717, 1.165) is 11.1 Å². The van der Waals surface area contributed by atoms with E-state index in [1.54, 1.807) is 62.4 Å². The molecule has 3 aromatic carbocycles. The van der Waals surface area contributed by atoms with Gasteiger partial charge >= 0.3 is 29.8 Å². The molecule has 13 heteroatoms. The summed E-state index contributed by atoms with van der Waals surface area (Å²) in [5, 5.41) is 13.8. The average Bonchev–Trinajstić information content (AvgIpc) is 3.40. The smallest absolute Gasteiger partial charge is 0.422 e. The van der Waals surface area contributed by atoms with Gasteiger partial charge in [0.1, 0.15) is 23.9 Å². The van der Waals surface area contributed by atoms with E-state index in [0.29, 0.717) is 30.1 Å². The van der Waals surface area contributed by atoms with Crippen molar-refractivity contribution in [3.8, 4) is 17.2 Å².